The van der Waals surface area contributed by atoms with Crippen molar-refractivity contribution in [2.45, 2.75) is 13.0 Å². The van der Waals surface area contributed by atoms with Crippen LogP contribution >= 0.6 is 22.7 Å². The molecule has 3 heterocycles. The van der Waals surface area contributed by atoms with E-state index in [2.05, 4.69) is 4.99 Å². The molecule has 34 heavy (non-hydrogen) atoms. The van der Waals surface area contributed by atoms with Gasteiger partial charge in [-0.05, 0) is 36.6 Å². The Bertz CT molecular complexity index is 1400. The minimum atomic E-state index is -0.619. The number of rotatable bonds is 8. The number of fused-ring (bicyclic) bond motifs is 1. The van der Waals surface area contributed by atoms with Gasteiger partial charge in [-0.2, -0.15) is 0 Å². The minimum absolute atomic E-state index is 0.116. The molecular formula is C24H24N2O6S2. The van der Waals surface area contributed by atoms with Gasteiger partial charge in [0.15, 0.2) is 4.80 Å². The number of esters is 1. The molecule has 0 amide bonds. The van der Waals surface area contributed by atoms with Gasteiger partial charge in [0, 0.05) is 23.6 Å². The molecule has 2 aromatic heterocycles. The molecule has 0 radical (unpaired) electrons. The van der Waals surface area contributed by atoms with Crippen molar-refractivity contribution in [1.82, 2.24) is 4.57 Å². The van der Waals surface area contributed by atoms with Crippen molar-refractivity contribution in [2.24, 2.45) is 4.99 Å². The highest BCUT2D eigenvalue weighted by Crippen LogP contribution is 2.33. The molecule has 0 saturated carbocycles. The minimum Gasteiger partial charge on any atom is -0.497 e. The lowest BCUT2D eigenvalue weighted by Gasteiger charge is -2.23. The van der Waals surface area contributed by atoms with E-state index < -0.39 is 12.0 Å². The molecule has 3 aromatic rings. The number of allylic oxidation sites excluding steroid dienone is 1. The van der Waals surface area contributed by atoms with E-state index in [9.17, 15) is 9.59 Å². The average molecular weight is 501 g/mol. The third kappa shape index (κ3) is 4.56. The number of thiophene rings is 1. The Kier molecular flexibility index (Phi) is 7.30. The number of hydrogen-bond acceptors (Lipinski definition) is 9. The molecule has 0 spiro atoms. The Morgan fingerprint density at radius 1 is 1.18 bits per heavy atom. The molecule has 4 rings (SSSR count). The van der Waals surface area contributed by atoms with Crippen molar-refractivity contribution in [2.75, 3.05) is 34.5 Å². The quantitative estimate of drug-likeness (QED) is 0.349. The van der Waals surface area contributed by atoms with Crippen LogP contribution in [0.1, 0.15) is 23.4 Å². The Hall–Kier alpha value is -3.21. The van der Waals surface area contributed by atoms with Crippen LogP contribution < -0.4 is 24.4 Å². The van der Waals surface area contributed by atoms with Gasteiger partial charge in [-0.25, -0.2) is 9.79 Å². The van der Waals surface area contributed by atoms with Crippen molar-refractivity contribution >= 4 is 34.7 Å². The first-order chi connectivity index (χ1) is 16.5. The van der Waals surface area contributed by atoms with Gasteiger partial charge in [0.2, 0.25) is 0 Å². The lowest BCUT2D eigenvalue weighted by Crippen LogP contribution is -2.39. The van der Waals surface area contributed by atoms with Gasteiger partial charge in [-0.3, -0.25) is 9.36 Å². The zero-order chi connectivity index (χ0) is 24.2. The van der Waals surface area contributed by atoms with Gasteiger partial charge in [0.1, 0.15) is 24.1 Å². The van der Waals surface area contributed by atoms with Gasteiger partial charge in [-0.1, -0.05) is 17.4 Å². The van der Waals surface area contributed by atoms with Crippen LogP contribution in [0.3, 0.4) is 0 Å². The molecule has 1 atom stereocenters. The number of thiazole rings is 1. The number of ether oxygens (including phenoxy) is 4. The fourth-order valence-corrected chi connectivity index (χ4v) is 5.53. The predicted molar refractivity (Wildman–Crippen MR) is 130 cm³/mol. The number of carbonyl (C=O) groups is 1. The highest BCUT2D eigenvalue weighted by molar-refractivity contribution is 7.10. The van der Waals surface area contributed by atoms with Crippen molar-refractivity contribution in [3.05, 3.63) is 77.1 Å². The molecule has 8 nitrogen and oxygen atoms in total. The average Bonchev–Trinajstić information content (AvgIpc) is 3.47. The summed E-state index contributed by atoms with van der Waals surface area (Å²) in [6.45, 7) is 2.16. The fraction of sp³-hybridized carbons (Fsp3) is 0.292. The van der Waals surface area contributed by atoms with Gasteiger partial charge in [0.25, 0.3) is 5.56 Å². The molecule has 0 saturated heterocycles. The highest BCUT2D eigenvalue weighted by Gasteiger charge is 2.34. The normalized spacial score (nSPS) is 15.6. The molecule has 0 bridgehead atoms. The molecule has 0 N–H and O–H groups in total. The molecule has 10 heteroatoms. The summed E-state index contributed by atoms with van der Waals surface area (Å²) in [6, 6.07) is 8.57. The Balaban J connectivity index is 1.85. The summed E-state index contributed by atoms with van der Waals surface area (Å²) in [5.74, 6) is 0.724. The highest BCUT2D eigenvalue weighted by atomic mass is 32.1. The monoisotopic (exact) mass is 500 g/mol. The van der Waals surface area contributed by atoms with E-state index in [4.69, 9.17) is 18.9 Å². The number of hydrogen-bond donors (Lipinski definition) is 0. The van der Waals surface area contributed by atoms with Gasteiger partial charge in [-0.15, -0.1) is 11.3 Å². The van der Waals surface area contributed by atoms with E-state index in [1.807, 2.05) is 23.6 Å². The zero-order valence-electron chi connectivity index (χ0n) is 19.2. The second kappa shape index (κ2) is 10.4. The molecule has 1 aliphatic heterocycles. The first kappa shape index (κ1) is 23.9. The molecular weight excluding hydrogens is 476 g/mol. The summed E-state index contributed by atoms with van der Waals surface area (Å²) < 4.78 is 23.2. The lowest BCUT2D eigenvalue weighted by atomic mass is 10.0. The van der Waals surface area contributed by atoms with Crippen LogP contribution in [0.4, 0.5) is 0 Å². The Morgan fingerprint density at radius 3 is 2.68 bits per heavy atom. The maximum atomic E-state index is 13.6. The van der Waals surface area contributed by atoms with Gasteiger partial charge < -0.3 is 18.9 Å². The number of aromatic nitrogens is 1. The van der Waals surface area contributed by atoms with E-state index in [0.29, 0.717) is 32.1 Å². The third-order valence-electron chi connectivity index (χ3n) is 5.30. The number of benzene rings is 1. The third-order valence-corrected chi connectivity index (χ3v) is 7.21. The van der Waals surface area contributed by atoms with Crippen molar-refractivity contribution in [3.8, 4) is 11.5 Å². The fourth-order valence-electron chi connectivity index (χ4n) is 3.67. The van der Waals surface area contributed by atoms with Crippen molar-refractivity contribution in [1.29, 1.82) is 0 Å². The van der Waals surface area contributed by atoms with Crippen LogP contribution in [-0.2, 0) is 14.3 Å². The number of carbonyl (C=O) groups excluding carboxylic acids is 1. The first-order valence-electron chi connectivity index (χ1n) is 10.4. The van der Waals surface area contributed by atoms with Crippen LogP contribution in [0.15, 0.2) is 56.8 Å². The molecule has 0 aliphatic carbocycles. The van der Waals surface area contributed by atoms with E-state index in [1.165, 1.54) is 29.8 Å². The second-order valence-corrected chi connectivity index (χ2v) is 9.32. The summed E-state index contributed by atoms with van der Waals surface area (Å²) >= 11 is 2.73. The Morgan fingerprint density at radius 2 is 2.00 bits per heavy atom. The largest absolute Gasteiger partial charge is 0.497 e. The van der Waals surface area contributed by atoms with Crippen molar-refractivity contribution < 1.29 is 23.7 Å². The molecule has 0 fully saturated rings. The topological polar surface area (TPSA) is 88.4 Å². The van der Waals surface area contributed by atoms with Crippen LogP contribution in [0.5, 0.6) is 11.5 Å². The SMILES string of the molecule is COCCOC(=O)C1=C(C)N=c2sc(=Cc3ccc(OC)cc3OC)c(=O)n2C1c1cccs1. The molecule has 1 unspecified atom stereocenters. The van der Waals surface area contributed by atoms with E-state index in [-0.39, 0.29) is 18.8 Å². The molecule has 178 valence electrons. The maximum absolute atomic E-state index is 13.6. The summed E-state index contributed by atoms with van der Waals surface area (Å²) in [4.78, 5) is 32.6. The summed E-state index contributed by atoms with van der Waals surface area (Å²) in [5, 5.41) is 1.91. The zero-order valence-corrected chi connectivity index (χ0v) is 20.8. The first-order valence-corrected chi connectivity index (χ1v) is 12.1. The number of methoxy groups -OCH3 is 3. The second-order valence-electron chi connectivity index (χ2n) is 7.33. The van der Waals surface area contributed by atoms with Crippen molar-refractivity contribution in [3.63, 3.8) is 0 Å². The lowest BCUT2D eigenvalue weighted by molar-refractivity contribution is -0.140. The van der Waals surface area contributed by atoms with E-state index in [1.54, 1.807) is 43.9 Å². The maximum Gasteiger partial charge on any atom is 0.338 e. The molecule has 1 aromatic carbocycles. The van der Waals surface area contributed by atoms with Gasteiger partial charge >= 0.3 is 5.97 Å². The molecule has 1 aliphatic rings. The van der Waals surface area contributed by atoms with E-state index >= 15 is 0 Å². The summed E-state index contributed by atoms with van der Waals surface area (Å²) in [5.41, 5.74) is 1.36. The van der Waals surface area contributed by atoms with Crippen LogP contribution in [0.2, 0.25) is 0 Å². The standard InChI is InChI=1S/C24H24N2O6S2/c1-14-20(23(28)32-10-9-29-2)21(18-6-5-11-33-18)26-22(27)19(34-24(26)25-14)12-15-7-8-16(30-3)13-17(15)31-4/h5-8,11-13,21H,9-10H2,1-4H3. The summed E-state index contributed by atoms with van der Waals surface area (Å²) in [6.07, 6.45) is 1.77. The van der Waals surface area contributed by atoms with Gasteiger partial charge in [0.05, 0.1) is 36.6 Å². The van der Waals surface area contributed by atoms with E-state index in [0.717, 1.165) is 10.4 Å². The van der Waals surface area contributed by atoms with Crippen LogP contribution in [0.25, 0.3) is 6.08 Å². The smallest absolute Gasteiger partial charge is 0.338 e. The van der Waals surface area contributed by atoms with Crippen LogP contribution in [0, 0.1) is 0 Å². The predicted octanol–water partition coefficient (Wildman–Crippen LogP) is 2.50. The van der Waals surface area contributed by atoms with Crippen LogP contribution in [-0.4, -0.2) is 45.1 Å². The summed E-state index contributed by atoms with van der Waals surface area (Å²) in [7, 11) is 4.68. The Labute approximate surface area is 204 Å². The number of nitrogens with zero attached hydrogens (tertiary/aromatic N) is 2.